The molecule has 176 valence electrons. The van der Waals surface area contributed by atoms with Crippen molar-refractivity contribution in [3.05, 3.63) is 63.7 Å². The topological polar surface area (TPSA) is 117 Å². The van der Waals surface area contributed by atoms with Crippen LogP contribution < -0.4 is 10.1 Å². The number of nitrogens with zero attached hydrogens (tertiary/aromatic N) is 1. The third-order valence-electron chi connectivity index (χ3n) is 5.96. The van der Waals surface area contributed by atoms with Gasteiger partial charge in [-0.3, -0.25) is 14.9 Å². The van der Waals surface area contributed by atoms with E-state index in [2.05, 4.69) is 5.32 Å². The highest BCUT2D eigenvalue weighted by Crippen LogP contribution is 2.37. The van der Waals surface area contributed by atoms with Gasteiger partial charge in [0, 0.05) is 31.0 Å². The number of hydrogen-bond donors (Lipinski definition) is 1. The van der Waals surface area contributed by atoms with E-state index in [4.69, 9.17) is 14.2 Å². The van der Waals surface area contributed by atoms with E-state index in [0.29, 0.717) is 43.1 Å². The van der Waals surface area contributed by atoms with Gasteiger partial charge in [-0.25, -0.2) is 4.79 Å². The molecule has 1 amide bonds. The van der Waals surface area contributed by atoms with Crippen LogP contribution in [0.25, 0.3) is 0 Å². The van der Waals surface area contributed by atoms with E-state index < -0.39 is 16.3 Å². The lowest BCUT2D eigenvalue weighted by Gasteiger charge is -2.36. The highest BCUT2D eigenvalue weighted by molar-refractivity contribution is 6.01. The van der Waals surface area contributed by atoms with Gasteiger partial charge in [0.25, 0.3) is 5.69 Å². The molecular formula is C24H28N2O7. The second-order valence-electron chi connectivity index (χ2n) is 7.99. The summed E-state index contributed by atoms with van der Waals surface area (Å²) in [5.41, 5.74) is 0.362. The standard InChI is InChI=1S/C24H28N2O7/c1-4-16(2)33-21-10-7-18(15-20(21)22(27)31-3)25-23(28)24(11-13-32-14-12-24)17-5-8-19(9-6-17)26(29)30/h5-10,15-16H,4,11-14H2,1-3H3,(H,25,28)/t16-/m1/s1. The minimum absolute atomic E-state index is 0.0408. The lowest BCUT2D eigenvalue weighted by atomic mass is 9.73. The normalized spacial score (nSPS) is 15.8. The summed E-state index contributed by atoms with van der Waals surface area (Å²) in [4.78, 5) is 36.4. The molecule has 1 fully saturated rings. The third-order valence-corrected chi connectivity index (χ3v) is 5.96. The first-order valence-electron chi connectivity index (χ1n) is 10.8. The lowest BCUT2D eigenvalue weighted by Crippen LogP contribution is -2.44. The van der Waals surface area contributed by atoms with Crippen molar-refractivity contribution < 1.29 is 28.7 Å². The molecule has 9 nitrogen and oxygen atoms in total. The summed E-state index contributed by atoms with van der Waals surface area (Å²) in [7, 11) is 1.28. The number of hydrogen-bond acceptors (Lipinski definition) is 7. The summed E-state index contributed by atoms with van der Waals surface area (Å²) in [5, 5.41) is 13.9. The Morgan fingerprint density at radius 2 is 1.85 bits per heavy atom. The van der Waals surface area contributed by atoms with Crippen LogP contribution in [0, 0.1) is 10.1 Å². The molecule has 0 radical (unpaired) electrons. The quantitative estimate of drug-likeness (QED) is 0.359. The van der Waals surface area contributed by atoms with Crippen molar-refractivity contribution in [2.45, 2.75) is 44.6 Å². The Kier molecular flexibility index (Phi) is 7.65. The highest BCUT2D eigenvalue weighted by atomic mass is 16.6. The fraction of sp³-hybridized carbons (Fsp3) is 0.417. The maximum Gasteiger partial charge on any atom is 0.341 e. The zero-order valence-electron chi connectivity index (χ0n) is 19.0. The number of non-ortho nitro benzene ring substituents is 1. The van der Waals surface area contributed by atoms with E-state index in [0.717, 1.165) is 6.42 Å². The SMILES string of the molecule is CC[C@@H](C)Oc1ccc(NC(=O)C2(c3ccc([N+](=O)[O-])cc3)CCOCC2)cc1C(=O)OC. The first-order valence-corrected chi connectivity index (χ1v) is 10.8. The fourth-order valence-electron chi connectivity index (χ4n) is 3.80. The summed E-state index contributed by atoms with van der Waals surface area (Å²) in [6.07, 6.45) is 1.52. The molecule has 0 bridgehead atoms. The molecule has 0 aliphatic carbocycles. The van der Waals surface area contributed by atoms with Gasteiger partial charge < -0.3 is 19.5 Å². The number of benzene rings is 2. The molecule has 1 aliphatic heterocycles. The second-order valence-corrected chi connectivity index (χ2v) is 7.99. The van der Waals surface area contributed by atoms with E-state index in [1.165, 1.54) is 25.3 Å². The smallest absolute Gasteiger partial charge is 0.341 e. The van der Waals surface area contributed by atoms with Gasteiger partial charge in [-0.2, -0.15) is 0 Å². The van der Waals surface area contributed by atoms with Crippen molar-refractivity contribution in [2.75, 3.05) is 25.6 Å². The van der Waals surface area contributed by atoms with Crippen molar-refractivity contribution in [1.29, 1.82) is 0 Å². The molecule has 0 aromatic heterocycles. The summed E-state index contributed by atoms with van der Waals surface area (Å²) in [6, 6.07) is 10.9. The molecule has 1 N–H and O–H groups in total. The minimum Gasteiger partial charge on any atom is -0.490 e. The maximum atomic E-state index is 13.5. The van der Waals surface area contributed by atoms with Crippen LogP contribution in [-0.4, -0.2) is 43.2 Å². The van der Waals surface area contributed by atoms with Gasteiger partial charge in [0.05, 0.1) is 23.6 Å². The Morgan fingerprint density at radius 3 is 2.42 bits per heavy atom. The molecule has 1 saturated heterocycles. The number of methoxy groups -OCH3 is 1. The van der Waals surface area contributed by atoms with Crippen LogP contribution >= 0.6 is 0 Å². The van der Waals surface area contributed by atoms with Crippen molar-refractivity contribution in [1.82, 2.24) is 0 Å². The predicted octanol–water partition coefficient (Wildman–Crippen LogP) is 4.25. The second kappa shape index (κ2) is 10.4. The Morgan fingerprint density at radius 1 is 1.18 bits per heavy atom. The molecule has 2 aromatic rings. The average molecular weight is 456 g/mol. The van der Waals surface area contributed by atoms with Crippen molar-refractivity contribution >= 4 is 23.3 Å². The molecule has 9 heteroatoms. The Balaban J connectivity index is 1.92. The molecular weight excluding hydrogens is 428 g/mol. The lowest BCUT2D eigenvalue weighted by molar-refractivity contribution is -0.384. The van der Waals surface area contributed by atoms with E-state index in [9.17, 15) is 19.7 Å². The Labute approximate surface area is 192 Å². The first-order chi connectivity index (χ1) is 15.8. The molecule has 1 aliphatic rings. The van der Waals surface area contributed by atoms with Crippen LogP contribution in [0.4, 0.5) is 11.4 Å². The van der Waals surface area contributed by atoms with Crippen LogP contribution in [0.5, 0.6) is 5.75 Å². The largest absolute Gasteiger partial charge is 0.490 e. The van der Waals surface area contributed by atoms with Crippen LogP contribution in [0.15, 0.2) is 42.5 Å². The van der Waals surface area contributed by atoms with E-state index in [-0.39, 0.29) is 23.3 Å². The van der Waals surface area contributed by atoms with Gasteiger partial charge in [-0.05, 0) is 49.9 Å². The summed E-state index contributed by atoms with van der Waals surface area (Å²) < 4.78 is 16.2. The van der Waals surface area contributed by atoms with Gasteiger partial charge in [0.15, 0.2) is 0 Å². The molecule has 0 saturated carbocycles. The monoisotopic (exact) mass is 456 g/mol. The Bertz CT molecular complexity index is 1010. The van der Waals surface area contributed by atoms with Gasteiger partial charge in [0.2, 0.25) is 5.91 Å². The molecule has 1 atom stereocenters. The molecule has 2 aromatic carbocycles. The number of anilines is 1. The average Bonchev–Trinajstić information content (AvgIpc) is 2.84. The number of rotatable bonds is 8. The van der Waals surface area contributed by atoms with Gasteiger partial charge in [-0.15, -0.1) is 0 Å². The number of amides is 1. The van der Waals surface area contributed by atoms with Crippen molar-refractivity contribution in [3.63, 3.8) is 0 Å². The van der Waals surface area contributed by atoms with E-state index in [1.54, 1.807) is 24.3 Å². The Hall–Kier alpha value is -3.46. The van der Waals surface area contributed by atoms with Crippen LogP contribution in [0.1, 0.15) is 49.0 Å². The minimum atomic E-state index is -0.912. The van der Waals surface area contributed by atoms with Crippen molar-refractivity contribution in [2.24, 2.45) is 0 Å². The van der Waals surface area contributed by atoms with E-state index in [1.807, 2.05) is 13.8 Å². The van der Waals surface area contributed by atoms with Crippen LogP contribution in [0.2, 0.25) is 0 Å². The molecule has 0 spiro atoms. The highest BCUT2D eigenvalue weighted by Gasteiger charge is 2.42. The van der Waals surface area contributed by atoms with Crippen molar-refractivity contribution in [3.8, 4) is 5.75 Å². The maximum absolute atomic E-state index is 13.5. The third kappa shape index (κ3) is 5.31. The fourth-order valence-corrected chi connectivity index (χ4v) is 3.80. The number of nitro groups is 1. The number of carbonyl (C=O) groups is 2. The summed E-state index contributed by atoms with van der Waals surface area (Å²) >= 11 is 0. The van der Waals surface area contributed by atoms with Gasteiger partial charge >= 0.3 is 5.97 Å². The number of ether oxygens (including phenoxy) is 3. The summed E-state index contributed by atoms with van der Waals surface area (Å²) in [6.45, 7) is 4.65. The zero-order valence-corrected chi connectivity index (χ0v) is 19.0. The van der Waals surface area contributed by atoms with Gasteiger partial charge in [-0.1, -0.05) is 19.1 Å². The number of nitro benzene ring substituents is 1. The number of nitrogens with one attached hydrogen (secondary N) is 1. The molecule has 0 unspecified atom stereocenters. The van der Waals surface area contributed by atoms with E-state index >= 15 is 0 Å². The summed E-state index contributed by atoms with van der Waals surface area (Å²) in [5.74, 6) is -0.461. The molecule has 3 rings (SSSR count). The predicted molar refractivity (Wildman–Crippen MR) is 122 cm³/mol. The molecule has 1 heterocycles. The number of carbonyl (C=O) groups excluding carboxylic acids is 2. The van der Waals surface area contributed by atoms with Gasteiger partial charge in [0.1, 0.15) is 11.3 Å². The van der Waals surface area contributed by atoms with Crippen LogP contribution in [-0.2, 0) is 19.7 Å². The zero-order chi connectivity index (χ0) is 24.0. The molecule has 33 heavy (non-hydrogen) atoms. The van der Waals surface area contributed by atoms with Crippen LogP contribution in [0.3, 0.4) is 0 Å². The number of esters is 1. The first kappa shape index (κ1) is 24.2.